The van der Waals surface area contributed by atoms with E-state index in [4.69, 9.17) is 10.5 Å². The molecule has 0 saturated carbocycles. The number of aromatic nitrogens is 1. The van der Waals surface area contributed by atoms with Gasteiger partial charge in [-0.2, -0.15) is 0 Å². The monoisotopic (exact) mass is 243 g/mol. The smallest absolute Gasteiger partial charge is 0.350 e. The molecule has 0 aliphatic rings. The number of carbonyl (C=O) groups is 1. The van der Waals surface area contributed by atoms with E-state index in [0.29, 0.717) is 28.9 Å². The molecule has 0 amide bonds. The lowest BCUT2D eigenvalue weighted by Gasteiger charge is -2.04. The highest BCUT2D eigenvalue weighted by atomic mass is 32.1. The number of ether oxygens (including phenoxy) is 1. The maximum atomic E-state index is 11.5. The molecule has 1 heterocycles. The minimum atomic E-state index is -0.314. The second-order valence-corrected chi connectivity index (χ2v) is 4.51. The lowest BCUT2D eigenvalue weighted by molar-refractivity contribution is 0.0531. The molecule has 90 valence electrons. The summed E-state index contributed by atoms with van der Waals surface area (Å²) in [6.07, 6.45) is 0. The summed E-state index contributed by atoms with van der Waals surface area (Å²) < 4.78 is 4.93. The molecule has 0 aliphatic heterocycles. The van der Waals surface area contributed by atoms with E-state index in [1.807, 2.05) is 6.92 Å². The first-order valence-electron chi connectivity index (χ1n) is 5.18. The minimum absolute atomic E-state index is 0.0512. The van der Waals surface area contributed by atoms with Crippen LogP contribution in [0.4, 0.5) is 5.13 Å². The van der Waals surface area contributed by atoms with Crippen LogP contribution in [0, 0.1) is 6.92 Å². The summed E-state index contributed by atoms with van der Waals surface area (Å²) in [4.78, 5) is 16.3. The van der Waals surface area contributed by atoms with Crippen molar-refractivity contribution in [3.63, 3.8) is 0 Å². The molecule has 0 aromatic carbocycles. The zero-order chi connectivity index (χ0) is 12.1. The molecule has 0 fully saturated rings. The third-order valence-electron chi connectivity index (χ3n) is 1.83. The number of aryl methyl sites for hydroxylation is 1. The van der Waals surface area contributed by atoms with Crippen molar-refractivity contribution in [2.24, 2.45) is 5.73 Å². The fourth-order valence-electron chi connectivity index (χ4n) is 1.11. The molecule has 16 heavy (non-hydrogen) atoms. The molecule has 0 unspecified atom stereocenters. The average Bonchev–Trinajstić information content (AvgIpc) is 2.57. The Bertz CT molecular complexity index is 363. The van der Waals surface area contributed by atoms with Gasteiger partial charge in [0.1, 0.15) is 4.88 Å². The number of thiazole rings is 1. The van der Waals surface area contributed by atoms with E-state index in [0.717, 1.165) is 0 Å². The first-order chi connectivity index (χ1) is 7.54. The van der Waals surface area contributed by atoms with Gasteiger partial charge in [0.25, 0.3) is 0 Å². The standard InChI is InChI=1S/C10H17N3O2S/c1-4-15-9(14)8-7(3)13-10(16-8)12-5-6(2)11/h6H,4-5,11H2,1-3H3,(H,12,13)/t6-/m0/s1. The van der Waals surface area contributed by atoms with Crippen molar-refractivity contribution in [3.8, 4) is 0 Å². The Balaban J connectivity index is 2.69. The van der Waals surface area contributed by atoms with Crippen LogP contribution in [0.5, 0.6) is 0 Å². The summed E-state index contributed by atoms with van der Waals surface area (Å²) in [5.74, 6) is -0.314. The van der Waals surface area contributed by atoms with Crippen LogP contribution in [0.3, 0.4) is 0 Å². The van der Waals surface area contributed by atoms with E-state index in [1.165, 1.54) is 11.3 Å². The highest BCUT2D eigenvalue weighted by Gasteiger charge is 2.16. The van der Waals surface area contributed by atoms with Gasteiger partial charge in [0.05, 0.1) is 12.3 Å². The molecule has 5 nitrogen and oxygen atoms in total. The van der Waals surface area contributed by atoms with Gasteiger partial charge in [-0.1, -0.05) is 11.3 Å². The summed E-state index contributed by atoms with van der Waals surface area (Å²) in [6.45, 7) is 6.48. The number of hydrogen-bond acceptors (Lipinski definition) is 6. The van der Waals surface area contributed by atoms with Gasteiger partial charge in [-0.3, -0.25) is 0 Å². The van der Waals surface area contributed by atoms with Gasteiger partial charge in [-0.25, -0.2) is 9.78 Å². The van der Waals surface area contributed by atoms with Crippen molar-refractivity contribution in [3.05, 3.63) is 10.6 Å². The van der Waals surface area contributed by atoms with E-state index < -0.39 is 0 Å². The Labute approximate surface area is 99.0 Å². The van der Waals surface area contributed by atoms with Crippen LogP contribution in [0.25, 0.3) is 0 Å². The van der Waals surface area contributed by atoms with Crippen LogP contribution in [0.15, 0.2) is 0 Å². The SMILES string of the molecule is CCOC(=O)c1sc(NC[C@H](C)N)nc1C. The average molecular weight is 243 g/mol. The predicted octanol–water partition coefficient (Wildman–Crippen LogP) is 1.39. The van der Waals surface area contributed by atoms with E-state index in [1.54, 1.807) is 13.8 Å². The molecule has 1 atom stereocenters. The zero-order valence-electron chi connectivity index (χ0n) is 9.74. The highest BCUT2D eigenvalue weighted by molar-refractivity contribution is 7.17. The molecule has 1 aromatic heterocycles. The van der Waals surface area contributed by atoms with Crippen LogP contribution in [0.1, 0.15) is 29.2 Å². The zero-order valence-corrected chi connectivity index (χ0v) is 10.6. The maximum absolute atomic E-state index is 11.5. The van der Waals surface area contributed by atoms with Gasteiger partial charge in [0.15, 0.2) is 5.13 Å². The van der Waals surface area contributed by atoms with E-state index in [2.05, 4.69) is 10.3 Å². The van der Waals surface area contributed by atoms with Crippen molar-refractivity contribution in [1.82, 2.24) is 4.98 Å². The number of nitrogens with zero attached hydrogens (tertiary/aromatic N) is 1. The fraction of sp³-hybridized carbons (Fsp3) is 0.600. The summed E-state index contributed by atoms with van der Waals surface area (Å²) in [5, 5.41) is 3.78. The van der Waals surface area contributed by atoms with Crippen molar-refractivity contribution >= 4 is 22.4 Å². The van der Waals surface area contributed by atoms with Crippen molar-refractivity contribution in [2.45, 2.75) is 26.8 Å². The summed E-state index contributed by atoms with van der Waals surface area (Å²) in [5.41, 5.74) is 6.31. The number of hydrogen-bond donors (Lipinski definition) is 2. The van der Waals surface area contributed by atoms with Gasteiger partial charge < -0.3 is 15.8 Å². The molecule has 1 aromatic rings. The molecular weight excluding hydrogens is 226 g/mol. The number of rotatable bonds is 5. The number of nitrogens with one attached hydrogen (secondary N) is 1. The second kappa shape index (κ2) is 5.81. The van der Waals surface area contributed by atoms with Gasteiger partial charge in [0.2, 0.25) is 0 Å². The Morgan fingerprint density at radius 3 is 2.94 bits per heavy atom. The third kappa shape index (κ3) is 3.46. The van der Waals surface area contributed by atoms with Crippen molar-refractivity contribution in [1.29, 1.82) is 0 Å². The van der Waals surface area contributed by atoms with E-state index >= 15 is 0 Å². The second-order valence-electron chi connectivity index (χ2n) is 3.51. The normalized spacial score (nSPS) is 12.2. The predicted molar refractivity (Wildman–Crippen MR) is 64.9 cm³/mol. The number of esters is 1. The van der Waals surface area contributed by atoms with Crippen LogP contribution < -0.4 is 11.1 Å². The van der Waals surface area contributed by atoms with E-state index in [-0.39, 0.29) is 12.0 Å². The Morgan fingerprint density at radius 1 is 1.69 bits per heavy atom. The quantitative estimate of drug-likeness (QED) is 0.764. The molecule has 0 bridgehead atoms. The van der Waals surface area contributed by atoms with Gasteiger partial charge in [-0.05, 0) is 20.8 Å². The Morgan fingerprint density at radius 2 is 2.38 bits per heavy atom. The minimum Gasteiger partial charge on any atom is -0.462 e. The van der Waals surface area contributed by atoms with Crippen molar-refractivity contribution < 1.29 is 9.53 Å². The Hall–Kier alpha value is -1.14. The summed E-state index contributed by atoms with van der Waals surface area (Å²) in [6, 6.07) is 0.0512. The molecule has 3 N–H and O–H groups in total. The van der Waals surface area contributed by atoms with Gasteiger partial charge >= 0.3 is 5.97 Å². The first-order valence-corrected chi connectivity index (χ1v) is 6.00. The number of anilines is 1. The van der Waals surface area contributed by atoms with Gasteiger partial charge in [-0.15, -0.1) is 0 Å². The van der Waals surface area contributed by atoms with E-state index in [9.17, 15) is 4.79 Å². The largest absolute Gasteiger partial charge is 0.462 e. The van der Waals surface area contributed by atoms with Crippen LogP contribution in [-0.2, 0) is 4.74 Å². The fourth-order valence-corrected chi connectivity index (χ4v) is 1.97. The topological polar surface area (TPSA) is 77.2 Å². The number of nitrogens with two attached hydrogens (primary N) is 1. The molecule has 1 rings (SSSR count). The molecule has 0 saturated heterocycles. The molecule has 0 radical (unpaired) electrons. The van der Waals surface area contributed by atoms with Crippen LogP contribution in [-0.4, -0.2) is 30.1 Å². The van der Waals surface area contributed by atoms with Crippen LogP contribution in [0.2, 0.25) is 0 Å². The lowest BCUT2D eigenvalue weighted by Crippen LogP contribution is -2.25. The molecular formula is C10H17N3O2S. The highest BCUT2D eigenvalue weighted by Crippen LogP contribution is 2.23. The summed E-state index contributed by atoms with van der Waals surface area (Å²) in [7, 11) is 0. The molecule has 6 heteroatoms. The lowest BCUT2D eigenvalue weighted by atomic mass is 10.4. The summed E-state index contributed by atoms with van der Waals surface area (Å²) >= 11 is 1.30. The third-order valence-corrected chi connectivity index (χ3v) is 2.93. The Kier molecular flexibility index (Phi) is 4.70. The van der Waals surface area contributed by atoms with Crippen LogP contribution >= 0.6 is 11.3 Å². The maximum Gasteiger partial charge on any atom is 0.350 e. The van der Waals surface area contributed by atoms with Gasteiger partial charge in [0, 0.05) is 12.6 Å². The molecule has 0 spiro atoms. The van der Waals surface area contributed by atoms with Crippen molar-refractivity contribution in [2.75, 3.05) is 18.5 Å². The first kappa shape index (κ1) is 12.9. The molecule has 0 aliphatic carbocycles. The number of carbonyl (C=O) groups excluding carboxylic acids is 1.